The number of hydrogen-bond acceptors (Lipinski definition) is 7. The number of anilines is 1. The number of hydrogen-bond donors (Lipinski definition) is 0. The van der Waals surface area contributed by atoms with E-state index in [1.54, 1.807) is 6.07 Å². The molecule has 0 bridgehead atoms. The molecule has 4 unspecified atom stereocenters. The van der Waals surface area contributed by atoms with E-state index in [-0.39, 0.29) is 17.9 Å². The van der Waals surface area contributed by atoms with E-state index < -0.39 is 0 Å². The minimum absolute atomic E-state index is 0.117. The van der Waals surface area contributed by atoms with Crippen molar-refractivity contribution in [2.75, 3.05) is 31.6 Å². The van der Waals surface area contributed by atoms with Crippen molar-refractivity contribution in [1.29, 1.82) is 0 Å². The van der Waals surface area contributed by atoms with Crippen LogP contribution in [-0.2, 0) is 9.53 Å². The number of carbonyl (C=O) groups excluding carboxylic acids is 1. The maximum absolute atomic E-state index is 11.9. The molecule has 2 aromatic heterocycles. The van der Waals surface area contributed by atoms with Crippen molar-refractivity contribution in [3.8, 4) is 0 Å². The van der Waals surface area contributed by atoms with Gasteiger partial charge in [-0.15, -0.1) is 0 Å². The molecule has 0 radical (unpaired) electrons. The van der Waals surface area contributed by atoms with Gasteiger partial charge in [-0.1, -0.05) is 43.1 Å². The number of piperidine rings is 1. The summed E-state index contributed by atoms with van der Waals surface area (Å²) in [4.78, 5) is 26.8. The number of ether oxygens (including phenoxy) is 1. The van der Waals surface area contributed by atoms with E-state index in [0.29, 0.717) is 34.5 Å². The molecule has 0 amide bonds. The summed E-state index contributed by atoms with van der Waals surface area (Å²) >= 11 is 12.7. The Morgan fingerprint density at radius 1 is 1.21 bits per heavy atom. The Morgan fingerprint density at radius 2 is 2.00 bits per heavy atom. The van der Waals surface area contributed by atoms with Crippen LogP contribution in [0.25, 0.3) is 11.2 Å². The van der Waals surface area contributed by atoms with Crippen LogP contribution in [0.3, 0.4) is 0 Å². The molecule has 39 heavy (non-hydrogen) atoms. The van der Waals surface area contributed by atoms with Gasteiger partial charge in [0.25, 0.3) is 0 Å². The maximum Gasteiger partial charge on any atom is 0.305 e. The molecule has 5 atom stereocenters. The molecule has 2 aliphatic heterocycles. The summed E-state index contributed by atoms with van der Waals surface area (Å²) in [6.45, 7) is 11.5. The Labute approximate surface area is 240 Å². The van der Waals surface area contributed by atoms with E-state index in [2.05, 4.69) is 30.6 Å². The molecular formula is C29H38Cl2N6O2. The van der Waals surface area contributed by atoms with Gasteiger partial charge in [0.15, 0.2) is 5.65 Å². The molecule has 10 heteroatoms. The standard InChI is InChI=1S/C29H38Cl2N6O2/c1-17(13-27(38)39-5)24-7-6-11-36(24)25-10-12-35(16-18(25)2)26-15-32-28-19(3)34-37(29(28)33-26)20(4)22-9-8-21(30)14-23(22)31/h8-9,14-15,17-18,20,24-25H,6-7,10-13,16H2,1-5H3/t17?,18?,20-,24?,25?/m1/s1. The lowest BCUT2D eigenvalue weighted by atomic mass is 9.89. The highest BCUT2D eigenvalue weighted by Gasteiger charge is 2.39. The molecule has 1 aromatic carbocycles. The minimum Gasteiger partial charge on any atom is -0.469 e. The van der Waals surface area contributed by atoms with Crippen LogP contribution in [0.15, 0.2) is 24.4 Å². The fraction of sp³-hybridized carbons (Fsp3) is 0.586. The highest BCUT2D eigenvalue weighted by Crippen LogP contribution is 2.35. The molecule has 2 aliphatic rings. The van der Waals surface area contributed by atoms with Gasteiger partial charge < -0.3 is 9.64 Å². The zero-order valence-electron chi connectivity index (χ0n) is 23.4. The van der Waals surface area contributed by atoms with E-state index in [9.17, 15) is 4.79 Å². The first-order chi connectivity index (χ1) is 18.7. The van der Waals surface area contributed by atoms with Gasteiger partial charge in [0.1, 0.15) is 11.3 Å². The predicted octanol–water partition coefficient (Wildman–Crippen LogP) is 5.93. The monoisotopic (exact) mass is 572 g/mol. The number of aromatic nitrogens is 4. The smallest absolute Gasteiger partial charge is 0.305 e. The Kier molecular flexibility index (Phi) is 8.36. The topological polar surface area (TPSA) is 76.4 Å². The van der Waals surface area contributed by atoms with Crippen molar-refractivity contribution in [2.24, 2.45) is 11.8 Å². The summed E-state index contributed by atoms with van der Waals surface area (Å²) in [6, 6.07) is 6.35. The number of aryl methyl sites for hydroxylation is 1. The maximum atomic E-state index is 11.9. The van der Waals surface area contributed by atoms with Crippen LogP contribution in [0, 0.1) is 18.8 Å². The number of fused-ring (bicyclic) bond motifs is 1. The highest BCUT2D eigenvalue weighted by molar-refractivity contribution is 6.35. The van der Waals surface area contributed by atoms with Crippen LogP contribution in [0.4, 0.5) is 5.82 Å². The van der Waals surface area contributed by atoms with Crippen LogP contribution >= 0.6 is 23.2 Å². The second kappa shape index (κ2) is 11.6. The first-order valence-electron chi connectivity index (χ1n) is 13.9. The Balaban J connectivity index is 1.34. The van der Waals surface area contributed by atoms with Crippen LogP contribution in [-0.4, -0.2) is 69.4 Å². The number of methoxy groups -OCH3 is 1. The van der Waals surface area contributed by atoms with Gasteiger partial charge in [-0.05, 0) is 69.2 Å². The fourth-order valence-electron chi connectivity index (χ4n) is 6.59. The molecule has 2 fully saturated rings. The van der Waals surface area contributed by atoms with Crippen molar-refractivity contribution < 1.29 is 9.53 Å². The number of nitrogens with zero attached hydrogens (tertiary/aromatic N) is 6. The first-order valence-corrected chi connectivity index (χ1v) is 14.7. The molecule has 4 heterocycles. The third kappa shape index (κ3) is 5.61. The minimum atomic E-state index is -0.126. The lowest BCUT2D eigenvalue weighted by molar-refractivity contribution is -0.142. The Morgan fingerprint density at radius 3 is 2.72 bits per heavy atom. The van der Waals surface area contributed by atoms with Crippen LogP contribution in [0.1, 0.15) is 63.8 Å². The van der Waals surface area contributed by atoms with E-state index in [1.807, 2.05) is 29.9 Å². The average Bonchev–Trinajstić information content (AvgIpc) is 3.53. The largest absolute Gasteiger partial charge is 0.469 e. The normalized spacial score (nSPS) is 23.8. The highest BCUT2D eigenvalue weighted by atomic mass is 35.5. The first kappa shape index (κ1) is 28.1. The number of esters is 1. The molecule has 8 nitrogen and oxygen atoms in total. The second-order valence-electron chi connectivity index (χ2n) is 11.3. The van der Waals surface area contributed by atoms with Crippen molar-refractivity contribution in [2.45, 2.75) is 71.5 Å². The SMILES string of the molecule is COC(=O)CC(C)C1CCCN1C1CCN(c2cnc3c(C)nn([C@H](C)c4ccc(Cl)cc4Cl)c3n2)CC1C. The van der Waals surface area contributed by atoms with Gasteiger partial charge in [0.2, 0.25) is 0 Å². The van der Waals surface area contributed by atoms with Gasteiger partial charge in [-0.25, -0.2) is 14.6 Å². The molecule has 2 saturated heterocycles. The fourth-order valence-corrected chi connectivity index (χ4v) is 7.16. The lowest BCUT2D eigenvalue weighted by Crippen LogP contribution is -2.53. The van der Waals surface area contributed by atoms with E-state index in [0.717, 1.165) is 60.7 Å². The van der Waals surface area contributed by atoms with Crippen LogP contribution in [0.2, 0.25) is 10.0 Å². The van der Waals surface area contributed by atoms with E-state index in [4.69, 9.17) is 43.0 Å². The van der Waals surface area contributed by atoms with Gasteiger partial charge in [0.05, 0.1) is 25.0 Å². The molecule has 5 rings (SSSR count). The van der Waals surface area contributed by atoms with Gasteiger partial charge in [0, 0.05) is 41.6 Å². The summed E-state index contributed by atoms with van der Waals surface area (Å²) in [5.74, 6) is 1.51. The van der Waals surface area contributed by atoms with E-state index >= 15 is 0 Å². The number of rotatable bonds is 7. The van der Waals surface area contributed by atoms with Crippen molar-refractivity contribution in [3.63, 3.8) is 0 Å². The summed E-state index contributed by atoms with van der Waals surface area (Å²) in [7, 11) is 1.47. The number of carbonyl (C=O) groups is 1. The quantitative estimate of drug-likeness (QED) is 0.325. The third-order valence-electron chi connectivity index (χ3n) is 8.66. The molecule has 210 valence electrons. The lowest BCUT2D eigenvalue weighted by Gasteiger charge is -2.45. The molecular weight excluding hydrogens is 535 g/mol. The molecule has 3 aromatic rings. The van der Waals surface area contributed by atoms with Crippen LogP contribution in [0.5, 0.6) is 0 Å². The average molecular weight is 574 g/mol. The summed E-state index contributed by atoms with van der Waals surface area (Å²) in [5.41, 5.74) is 3.34. The molecule has 0 spiro atoms. The predicted molar refractivity (Wildman–Crippen MR) is 156 cm³/mol. The third-order valence-corrected chi connectivity index (χ3v) is 9.23. The van der Waals surface area contributed by atoms with Crippen molar-refractivity contribution in [3.05, 3.63) is 45.7 Å². The summed E-state index contributed by atoms with van der Waals surface area (Å²) < 4.78 is 6.86. The Hall–Kier alpha value is -2.42. The zero-order valence-corrected chi connectivity index (χ0v) is 24.9. The van der Waals surface area contributed by atoms with Crippen LogP contribution < -0.4 is 4.90 Å². The Bertz CT molecular complexity index is 1350. The van der Waals surface area contributed by atoms with Crippen molar-refractivity contribution in [1.82, 2.24) is 24.6 Å². The molecule has 0 N–H and O–H groups in total. The molecule has 0 aliphatic carbocycles. The van der Waals surface area contributed by atoms with Gasteiger partial charge in [-0.3, -0.25) is 9.69 Å². The van der Waals surface area contributed by atoms with Crippen molar-refractivity contribution >= 4 is 46.2 Å². The number of halogens is 2. The summed E-state index contributed by atoms with van der Waals surface area (Å²) in [6.07, 6.45) is 5.74. The zero-order chi connectivity index (χ0) is 27.8. The molecule has 0 saturated carbocycles. The number of likely N-dealkylation sites (tertiary alicyclic amines) is 1. The van der Waals surface area contributed by atoms with Gasteiger partial charge in [-0.2, -0.15) is 5.10 Å². The summed E-state index contributed by atoms with van der Waals surface area (Å²) in [5, 5.41) is 6.00. The van der Waals surface area contributed by atoms with Gasteiger partial charge >= 0.3 is 5.97 Å². The number of benzene rings is 1. The van der Waals surface area contributed by atoms with E-state index in [1.165, 1.54) is 13.5 Å². The second-order valence-corrected chi connectivity index (χ2v) is 12.1.